The van der Waals surface area contributed by atoms with Crippen LogP contribution in [0.25, 0.3) is 0 Å². The van der Waals surface area contributed by atoms with Crippen molar-refractivity contribution in [3.63, 3.8) is 0 Å². The predicted molar refractivity (Wildman–Crippen MR) is 75.4 cm³/mol. The third kappa shape index (κ3) is 3.44. The van der Waals surface area contributed by atoms with Crippen molar-refractivity contribution < 1.29 is 13.2 Å². The van der Waals surface area contributed by atoms with E-state index >= 15 is 0 Å². The number of anilines is 1. The minimum atomic E-state index is -4.04. The zero-order valence-corrected chi connectivity index (χ0v) is 12.5. The summed E-state index contributed by atoms with van der Waals surface area (Å²) in [7, 11) is -4.04. The first-order chi connectivity index (χ1) is 9.38. The first-order valence-corrected chi connectivity index (χ1v) is 7.90. The first kappa shape index (κ1) is 14.7. The van der Waals surface area contributed by atoms with Crippen LogP contribution in [-0.2, 0) is 10.0 Å². The molecule has 0 saturated carbocycles. The number of aryl methyl sites for hydroxylation is 1. The molecule has 2 rings (SSSR count). The van der Waals surface area contributed by atoms with Crippen LogP contribution in [0, 0.1) is 6.92 Å². The van der Waals surface area contributed by atoms with Gasteiger partial charge in [0.2, 0.25) is 5.13 Å². The molecule has 7 nitrogen and oxygen atoms in total. The SMILES string of the molecule is Cc1nsc(NC(=O)NS(=O)(=O)c2ccccc2Cl)n1. The van der Waals surface area contributed by atoms with Crippen molar-refractivity contribution in [3.8, 4) is 0 Å². The Hall–Kier alpha value is -1.71. The molecule has 1 aromatic heterocycles. The molecular weight excluding hydrogens is 324 g/mol. The van der Waals surface area contributed by atoms with E-state index in [2.05, 4.69) is 14.7 Å². The first-order valence-electron chi connectivity index (χ1n) is 5.27. The fourth-order valence-electron chi connectivity index (χ4n) is 1.31. The van der Waals surface area contributed by atoms with Crippen molar-refractivity contribution >= 4 is 44.3 Å². The fourth-order valence-corrected chi connectivity index (χ4v) is 3.31. The Morgan fingerprint density at radius 1 is 1.35 bits per heavy atom. The number of hydrogen-bond donors (Lipinski definition) is 2. The Morgan fingerprint density at radius 3 is 2.65 bits per heavy atom. The number of hydrogen-bond acceptors (Lipinski definition) is 6. The number of carbonyl (C=O) groups is 1. The highest BCUT2D eigenvalue weighted by Crippen LogP contribution is 2.20. The molecular formula is C10H9ClN4O3S2. The smallest absolute Gasteiger partial charge is 0.282 e. The van der Waals surface area contributed by atoms with Gasteiger partial charge >= 0.3 is 6.03 Å². The normalized spacial score (nSPS) is 11.1. The average Bonchev–Trinajstić information content (AvgIpc) is 2.74. The Labute approximate surface area is 124 Å². The number of benzene rings is 1. The molecule has 0 saturated heterocycles. The van der Waals surface area contributed by atoms with Crippen LogP contribution < -0.4 is 10.0 Å². The average molecular weight is 333 g/mol. The van der Waals surface area contributed by atoms with Gasteiger partial charge in [0.1, 0.15) is 10.7 Å². The Morgan fingerprint density at radius 2 is 2.05 bits per heavy atom. The van der Waals surface area contributed by atoms with Gasteiger partial charge in [0.05, 0.1) is 5.02 Å². The summed E-state index contributed by atoms with van der Waals surface area (Å²) in [6, 6.07) is 4.88. The van der Waals surface area contributed by atoms with Gasteiger partial charge < -0.3 is 0 Å². The maximum atomic E-state index is 12.0. The zero-order chi connectivity index (χ0) is 14.8. The number of aromatic nitrogens is 2. The number of halogens is 1. The van der Waals surface area contributed by atoms with E-state index in [9.17, 15) is 13.2 Å². The van der Waals surface area contributed by atoms with Crippen LogP contribution in [0.4, 0.5) is 9.93 Å². The van der Waals surface area contributed by atoms with Crippen molar-refractivity contribution in [1.29, 1.82) is 0 Å². The second-order valence-electron chi connectivity index (χ2n) is 3.64. The largest absolute Gasteiger partial charge is 0.334 e. The Balaban J connectivity index is 2.13. The number of sulfonamides is 1. The van der Waals surface area contributed by atoms with Crippen molar-refractivity contribution in [3.05, 3.63) is 35.1 Å². The number of nitrogens with zero attached hydrogens (tertiary/aromatic N) is 2. The summed E-state index contributed by atoms with van der Waals surface area (Å²) in [5.41, 5.74) is 0. The van der Waals surface area contributed by atoms with E-state index in [-0.39, 0.29) is 15.0 Å². The number of nitrogens with one attached hydrogen (secondary N) is 2. The third-order valence-electron chi connectivity index (χ3n) is 2.10. The summed E-state index contributed by atoms with van der Waals surface area (Å²) in [4.78, 5) is 15.3. The van der Waals surface area contributed by atoms with E-state index < -0.39 is 16.1 Å². The number of rotatable bonds is 3. The summed E-state index contributed by atoms with van der Waals surface area (Å²) in [6.45, 7) is 1.65. The summed E-state index contributed by atoms with van der Waals surface area (Å²) in [5, 5.41) is 2.51. The van der Waals surface area contributed by atoms with Crippen LogP contribution in [0.2, 0.25) is 5.02 Å². The number of amides is 2. The summed E-state index contributed by atoms with van der Waals surface area (Å²) < 4.78 is 29.6. The lowest BCUT2D eigenvalue weighted by Gasteiger charge is -2.07. The Bertz CT molecular complexity index is 744. The number of urea groups is 1. The molecule has 20 heavy (non-hydrogen) atoms. The van der Waals surface area contributed by atoms with Crippen molar-refractivity contribution in [2.45, 2.75) is 11.8 Å². The van der Waals surface area contributed by atoms with E-state index in [0.717, 1.165) is 11.5 Å². The van der Waals surface area contributed by atoms with E-state index in [1.54, 1.807) is 13.0 Å². The van der Waals surface area contributed by atoms with Crippen LogP contribution in [0.3, 0.4) is 0 Å². The van der Waals surface area contributed by atoms with Gasteiger partial charge in [-0.2, -0.15) is 4.37 Å². The molecule has 2 aromatic rings. The van der Waals surface area contributed by atoms with Crippen molar-refractivity contribution in [1.82, 2.24) is 14.1 Å². The van der Waals surface area contributed by atoms with E-state index in [1.165, 1.54) is 18.2 Å². The molecule has 2 N–H and O–H groups in total. The summed E-state index contributed by atoms with van der Waals surface area (Å²) >= 11 is 6.73. The standard InChI is InChI=1S/C10H9ClN4O3S2/c1-6-12-10(19-14-6)13-9(16)15-20(17,18)8-5-3-2-4-7(8)11/h2-5H,1H3,(H2,12,13,14,15,16). The molecule has 0 spiro atoms. The highest BCUT2D eigenvalue weighted by atomic mass is 35.5. The minimum Gasteiger partial charge on any atom is -0.282 e. The van der Waals surface area contributed by atoms with Gasteiger partial charge in [-0.25, -0.2) is 22.9 Å². The lowest BCUT2D eigenvalue weighted by molar-refractivity contribution is 0.256. The second-order valence-corrected chi connectivity index (χ2v) is 6.45. The van der Waals surface area contributed by atoms with E-state index in [0.29, 0.717) is 5.82 Å². The highest BCUT2D eigenvalue weighted by molar-refractivity contribution is 7.90. The van der Waals surface area contributed by atoms with E-state index in [1.807, 2.05) is 4.72 Å². The quantitative estimate of drug-likeness (QED) is 0.895. The molecule has 106 valence electrons. The lowest BCUT2D eigenvalue weighted by Crippen LogP contribution is -2.34. The molecule has 0 aliphatic rings. The topological polar surface area (TPSA) is 101 Å². The molecule has 0 aliphatic carbocycles. The van der Waals surface area contributed by atoms with Gasteiger partial charge in [-0.1, -0.05) is 23.7 Å². The van der Waals surface area contributed by atoms with Crippen LogP contribution in [0.15, 0.2) is 29.2 Å². The van der Waals surface area contributed by atoms with Gasteiger partial charge in [0.25, 0.3) is 10.0 Å². The Kier molecular flexibility index (Phi) is 4.21. The fraction of sp³-hybridized carbons (Fsp3) is 0.100. The minimum absolute atomic E-state index is 0.0274. The summed E-state index contributed by atoms with van der Waals surface area (Å²) in [6.07, 6.45) is 0. The molecule has 0 bridgehead atoms. The van der Waals surface area contributed by atoms with Gasteiger partial charge in [0, 0.05) is 11.5 Å². The highest BCUT2D eigenvalue weighted by Gasteiger charge is 2.20. The zero-order valence-electron chi connectivity index (χ0n) is 10.1. The molecule has 2 amide bonds. The molecule has 10 heteroatoms. The van der Waals surface area contributed by atoms with E-state index in [4.69, 9.17) is 11.6 Å². The van der Waals surface area contributed by atoms with Crippen LogP contribution in [0.5, 0.6) is 0 Å². The molecule has 1 aromatic carbocycles. The maximum Gasteiger partial charge on any atom is 0.334 e. The van der Waals surface area contributed by atoms with Crippen molar-refractivity contribution in [2.75, 3.05) is 5.32 Å². The molecule has 0 fully saturated rings. The van der Waals surface area contributed by atoms with Crippen LogP contribution in [0.1, 0.15) is 5.82 Å². The third-order valence-corrected chi connectivity index (χ3v) is 4.65. The lowest BCUT2D eigenvalue weighted by atomic mass is 10.4. The predicted octanol–water partition coefficient (Wildman–Crippen LogP) is 2.01. The van der Waals surface area contributed by atoms with Crippen LogP contribution in [-0.4, -0.2) is 23.8 Å². The monoisotopic (exact) mass is 332 g/mol. The molecule has 0 unspecified atom stereocenters. The van der Waals surface area contributed by atoms with Gasteiger partial charge in [-0.3, -0.25) is 5.32 Å². The molecule has 0 atom stereocenters. The van der Waals surface area contributed by atoms with Crippen molar-refractivity contribution in [2.24, 2.45) is 0 Å². The van der Waals surface area contributed by atoms with Crippen LogP contribution >= 0.6 is 23.1 Å². The molecule has 0 aliphatic heterocycles. The maximum absolute atomic E-state index is 12.0. The molecule has 0 radical (unpaired) electrons. The van der Waals surface area contributed by atoms with Gasteiger partial charge in [0.15, 0.2) is 0 Å². The van der Waals surface area contributed by atoms with Gasteiger partial charge in [-0.15, -0.1) is 0 Å². The number of carbonyl (C=O) groups excluding carboxylic acids is 1. The van der Waals surface area contributed by atoms with Gasteiger partial charge in [-0.05, 0) is 19.1 Å². The summed E-state index contributed by atoms with van der Waals surface area (Å²) in [5.74, 6) is 0.485. The molecule has 1 heterocycles. The second kappa shape index (κ2) is 5.73.